The molecule has 0 fully saturated rings. The molecule has 0 spiro atoms. The van der Waals surface area contributed by atoms with E-state index >= 15 is 0 Å². The maximum absolute atomic E-state index is 14.3. The third-order valence-electron chi connectivity index (χ3n) is 4.40. The molecule has 0 bridgehead atoms. The highest BCUT2D eigenvalue weighted by atomic mass is 32.2. The molecule has 142 valence electrons. The number of carbonyl (C=O) groups excluding carboxylic acids is 1. The number of alkyl halides is 2. The van der Waals surface area contributed by atoms with E-state index < -0.39 is 28.5 Å². The largest absolute Gasteiger partial charge is 0.461 e. The van der Waals surface area contributed by atoms with Crippen LogP contribution in [0.5, 0.6) is 0 Å². The zero-order valence-electron chi connectivity index (χ0n) is 14.4. The Labute approximate surface area is 148 Å². The number of carbonyl (C=O) groups is 1. The van der Waals surface area contributed by atoms with Crippen molar-refractivity contribution in [2.75, 3.05) is 13.2 Å². The van der Waals surface area contributed by atoms with Gasteiger partial charge in [-0.15, -0.1) is 0 Å². The van der Waals surface area contributed by atoms with Crippen LogP contribution in [0.3, 0.4) is 0 Å². The fraction of sp³-hybridized carbons (Fsp3) is 0.467. The van der Waals surface area contributed by atoms with E-state index in [0.29, 0.717) is 4.31 Å². The molecule has 2 aromatic rings. The summed E-state index contributed by atoms with van der Waals surface area (Å²) in [6, 6.07) is 1.16. The summed E-state index contributed by atoms with van der Waals surface area (Å²) in [7, 11) is -2.74. The van der Waals surface area contributed by atoms with Gasteiger partial charge in [0.1, 0.15) is 16.3 Å². The number of H-pyrrole nitrogens is 1. The fourth-order valence-electron chi connectivity index (χ4n) is 2.94. The molecule has 26 heavy (non-hydrogen) atoms. The summed E-state index contributed by atoms with van der Waals surface area (Å²) in [5, 5.41) is 5.80. The van der Waals surface area contributed by atoms with Gasteiger partial charge in [0.25, 0.3) is 0 Å². The molecule has 0 saturated carbocycles. The van der Waals surface area contributed by atoms with Crippen molar-refractivity contribution in [1.82, 2.24) is 19.1 Å². The van der Waals surface area contributed by atoms with Gasteiger partial charge < -0.3 is 9.30 Å². The molecule has 0 atom stereocenters. The predicted octanol–water partition coefficient (Wildman–Crippen LogP) is 1.53. The monoisotopic (exact) mass is 388 g/mol. The Morgan fingerprint density at radius 3 is 2.81 bits per heavy atom. The standard InChI is InChI=1S/C15H18F2N4O4S/c1-4-25-14(22)11-5-12(9(2)20(11)3)26(23,24)21-7-10-6-18-19-13(10)15(16,17)8-21/h5-6H,4,7-8H2,1-3H3,(H,18,19). The Morgan fingerprint density at radius 2 is 2.15 bits per heavy atom. The van der Waals surface area contributed by atoms with Crippen LogP contribution in [0.25, 0.3) is 0 Å². The normalized spacial score (nSPS) is 17.1. The van der Waals surface area contributed by atoms with Gasteiger partial charge in [0, 0.05) is 24.8 Å². The number of nitrogens with one attached hydrogen (secondary N) is 1. The summed E-state index contributed by atoms with van der Waals surface area (Å²) in [6.07, 6.45) is 1.19. The molecule has 3 rings (SSSR count). The van der Waals surface area contributed by atoms with Crippen molar-refractivity contribution in [1.29, 1.82) is 0 Å². The summed E-state index contributed by atoms with van der Waals surface area (Å²) in [4.78, 5) is 11.8. The molecule has 0 aromatic carbocycles. The van der Waals surface area contributed by atoms with Crippen molar-refractivity contribution >= 4 is 16.0 Å². The third kappa shape index (κ3) is 2.80. The first-order valence-electron chi connectivity index (χ1n) is 7.83. The van der Waals surface area contributed by atoms with E-state index in [9.17, 15) is 22.0 Å². The quantitative estimate of drug-likeness (QED) is 0.801. The summed E-state index contributed by atoms with van der Waals surface area (Å²) in [5.74, 6) is -4.07. The van der Waals surface area contributed by atoms with Gasteiger partial charge in [-0.3, -0.25) is 5.10 Å². The summed E-state index contributed by atoms with van der Waals surface area (Å²) >= 11 is 0. The Bertz CT molecular complexity index is 964. The minimum atomic E-state index is -4.25. The second-order valence-corrected chi connectivity index (χ2v) is 7.91. The lowest BCUT2D eigenvalue weighted by Crippen LogP contribution is -2.43. The number of nitrogens with zero attached hydrogens (tertiary/aromatic N) is 3. The van der Waals surface area contributed by atoms with Crippen LogP contribution in [0, 0.1) is 6.92 Å². The maximum Gasteiger partial charge on any atom is 0.354 e. The van der Waals surface area contributed by atoms with Crippen molar-refractivity contribution in [2.45, 2.75) is 31.2 Å². The van der Waals surface area contributed by atoms with Gasteiger partial charge in [0.05, 0.1) is 19.3 Å². The number of aromatic nitrogens is 3. The highest BCUT2D eigenvalue weighted by Gasteiger charge is 2.46. The van der Waals surface area contributed by atoms with Crippen molar-refractivity contribution < 1.29 is 26.7 Å². The number of ether oxygens (including phenoxy) is 1. The number of aromatic amines is 1. The summed E-state index contributed by atoms with van der Waals surface area (Å²) in [6.45, 7) is 2.03. The van der Waals surface area contributed by atoms with E-state index in [1.54, 1.807) is 6.92 Å². The van der Waals surface area contributed by atoms with Crippen molar-refractivity contribution in [3.63, 3.8) is 0 Å². The second-order valence-electron chi connectivity index (χ2n) is 6.01. The van der Waals surface area contributed by atoms with Gasteiger partial charge in [-0.25, -0.2) is 13.2 Å². The summed E-state index contributed by atoms with van der Waals surface area (Å²) < 4.78 is 61.5. The Balaban J connectivity index is 2.02. The van der Waals surface area contributed by atoms with Crippen molar-refractivity contribution in [2.24, 2.45) is 7.05 Å². The third-order valence-corrected chi connectivity index (χ3v) is 6.30. The molecule has 1 aliphatic heterocycles. The first kappa shape index (κ1) is 18.5. The lowest BCUT2D eigenvalue weighted by atomic mass is 10.1. The first-order chi connectivity index (χ1) is 12.1. The Kier molecular flexibility index (Phi) is 4.39. The molecule has 1 aliphatic rings. The van der Waals surface area contributed by atoms with Gasteiger partial charge in [0.15, 0.2) is 0 Å². The van der Waals surface area contributed by atoms with Crippen LogP contribution in [0.15, 0.2) is 17.2 Å². The van der Waals surface area contributed by atoms with Crippen LogP contribution in [0.1, 0.15) is 34.4 Å². The molecular formula is C15H18F2N4O4S. The van der Waals surface area contributed by atoms with Crippen LogP contribution < -0.4 is 0 Å². The van der Waals surface area contributed by atoms with E-state index in [1.807, 2.05) is 0 Å². The van der Waals surface area contributed by atoms with Crippen LogP contribution in [0.2, 0.25) is 0 Å². The number of hydrogen-bond acceptors (Lipinski definition) is 5. The molecule has 0 saturated heterocycles. The van der Waals surface area contributed by atoms with E-state index in [4.69, 9.17) is 4.74 Å². The molecule has 8 nitrogen and oxygen atoms in total. The zero-order chi connectivity index (χ0) is 19.3. The van der Waals surface area contributed by atoms with Crippen LogP contribution >= 0.6 is 0 Å². The number of halogens is 2. The average Bonchev–Trinajstić information content (AvgIpc) is 3.14. The van der Waals surface area contributed by atoms with Crippen LogP contribution in [-0.2, 0) is 34.3 Å². The minimum absolute atomic E-state index is 0.0377. The SMILES string of the molecule is CCOC(=O)c1cc(S(=O)(=O)N2Cc3cn[nH]c3C(F)(F)C2)c(C)n1C. The number of rotatable bonds is 4. The predicted molar refractivity (Wildman–Crippen MR) is 86.2 cm³/mol. The van der Waals surface area contributed by atoms with Gasteiger partial charge >= 0.3 is 11.9 Å². The molecule has 0 aliphatic carbocycles. The van der Waals surface area contributed by atoms with Crippen molar-refractivity contribution in [3.05, 3.63) is 34.9 Å². The zero-order valence-corrected chi connectivity index (χ0v) is 15.2. The topological polar surface area (TPSA) is 97.3 Å². The van der Waals surface area contributed by atoms with E-state index in [1.165, 1.54) is 24.7 Å². The molecule has 1 N–H and O–H groups in total. The number of esters is 1. The first-order valence-corrected chi connectivity index (χ1v) is 9.27. The van der Waals surface area contributed by atoms with Gasteiger partial charge in [-0.1, -0.05) is 0 Å². The molecule has 2 aromatic heterocycles. The van der Waals surface area contributed by atoms with E-state index in [-0.39, 0.29) is 40.7 Å². The lowest BCUT2D eigenvalue weighted by molar-refractivity contribution is -0.0360. The number of fused-ring (bicyclic) bond motifs is 1. The number of hydrogen-bond donors (Lipinski definition) is 1. The van der Waals surface area contributed by atoms with E-state index in [2.05, 4.69) is 10.2 Å². The molecule has 3 heterocycles. The minimum Gasteiger partial charge on any atom is -0.461 e. The molecule has 0 amide bonds. The highest BCUT2D eigenvalue weighted by Crippen LogP contribution is 2.38. The van der Waals surface area contributed by atoms with E-state index in [0.717, 1.165) is 6.07 Å². The molecule has 0 radical (unpaired) electrons. The van der Waals surface area contributed by atoms with Gasteiger partial charge in [-0.05, 0) is 19.9 Å². The second kappa shape index (κ2) is 6.16. The highest BCUT2D eigenvalue weighted by molar-refractivity contribution is 7.89. The molecule has 11 heteroatoms. The van der Waals surface area contributed by atoms with Crippen LogP contribution in [-0.4, -0.2) is 46.6 Å². The Hall–Kier alpha value is -2.27. The van der Waals surface area contributed by atoms with Gasteiger partial charge in [0.2, 0.25) is 10.0 Å². The lowest BCUT2D eigenvalue weighted by Gasteiger charge is -2.31. The Morgan fingerprint density at radius 1 is 1.46 bits per heavy atom. The maximum atomic E-state index is 14.3. The number of sulfonamides is 1. The average molecular weight is 388 g/mol. The van der Waals surface area contributed by atoms with Crippen molar-refractivity contribution in [3.8, 4) is 0 Å². The molecular weight excluding hydrogens is 370 g/mol. The van der Waals surface area contributed by atoms with Crippen LogP contribution in [0.4, 0.5) is 8.78 Å². The summed E-state index contributed by atoms with van der Waals surface area (Å²) in [5.41, 5.74) is 0.0371. The molecule has 0 unspecified atom stereocenters. The van der Waals surface area contributed by atoms with Gasteiger partial charge in [-0.2, -0.15) is 18.2 Å². The smallest absolute Gasteiger partial charge is 0.354 e. The fourth-order valence-corrected chi connectivity index (χ4v) is 4.63.